The summed E-state index contributed by atoms with van der Waals surface area (Å²) in [6.45, 7) is 1.76. The fourth-order valence-corrected chi connectivity index (χ4v) is 4.28. The average molecular weight is 474 g/mol. The summed E-state index contributed by atoms with van der Waals surface area (Å²) in [7, 11) is -3.76. The van der Waals surface area contributed by atoms with Crippen molar-refractivity contribution in [2.45, 2.75) is 11.8 Å². The molecule has 0 saturated carbocycles. The maximum atomic E-state index is 12.8. The molecular formula is C23H19N7O3S. The van der Waals surface area contributed by atoms with E-state index in [1.165, 1.54) is 12.1 Å². The van der Waals surface area contributed by atoms with Crippen molar-refractivity contribution in [1.29, 1.82) is 0 Å². The molecule has 0 atom stereocenters. The number of aryl methyl sites for hydroxylation is 1. The number of nitrogens with one attached hydrogen (secondary N) is 1. The van der Waals surface area contributed by atoms with Gasteiger partial charge in [-0.25, -0.2) is 22.8 Å². The van der Waals surface area contributed by atoms with E-state index < -0.39 is 10.0 Å². The first-order valence-corrected chi connectivity index (χ1v) is 11.7. The fraction of sp³-hybridized carbons (Fsp3) is 0.0435. The van der Waals surface area contributed by atoms with Gasteiger partial charge < -0.3 is 4.74 Å². The van der Waals surface area contributed by atoms with Gasteiger partial charge in [-0.05, 0) is 67.6 Å². The smallest absolute Gasteiger partial charge is 0.261 e. The summed E-state index contributed by atoms with van der Waals surface area (Å²) in [4.78, 5) is 8.79. The van der Waals surface area contributed by atoms with Crippen LogP contribution in [0.1, 0.15) is 5.82 Å². The highest BCUT2D eigenvalue weighted by Crippen LogP contribution is 2.24. The van der Waals surface area contributed by atoms with Crippen molar-refractivity contribution in [3.63, 3.8) is 0 Å². The highest BCUT2D eigenvalue weighted by molar-refractivity contribution is 7.92. The number of nitrogens with zero attached hydrogens (tertiary/aromatic N) is 6. The third-order valence-electron chi connectivity index (χ3n) is 4.78. The van der Waals surface area contributed by atoms with Gasteiger partial charge in [-0.1, -0.05) is 0 Å². The third kappa shape index (κ3) is 4.64. The maximum absolute atomic E-state index is 12.8. The van der Waals surface area contributed by atoms with Crippen molar-refractivity contribution in [2.75, 3.05) is 4.72 Å². The van der Waals surface area contributed by atoms with Gasteiger partial charge in [0.25, 0.3) is 10.0 Å². The van der Waals surface area contributed by atoms with E-state index in [2.05, 4.69) is 24.9 Å². The Morgan fingerprint density at radius 2 is 1.53 bits per heavy atom. The van der Waals surface area contributed by atoms with E-state index in [-0.39, 0.29) is 4.90 Å². The number of hydrogen-bond donors (Lipinski definition) is 1. The molecule has 5 rings (SSSR count). The van der Waals surface area contributed by atoms with Crippen molar-refractivity contribution in [3.8, 4) is 23.1 Å². The van der Waals surface area contributed by atoms with E-state index in [4.69, 9.17) is 4.74 Å². The van der Waals surface area contributed by atoms with E-state index in [1.807, 2.05) is 0 Å². The van der Waals surface area contributed by atoms with Crippen LogP contribution in [0.25, 0.3) is 11.5 Å². The minimum Gasteiger partial charge on any atom is -0.439 e. The van der Waals surface area contributed by atoms with Crippen LogP contribution in [-0.4, -0.2) is 37.9 Å². The average Bonchev–Trinajstić information content (AvgIpc) is 3.55. The van der Waals surface area contributed by atoms with Gasteiger partial charge in [0.05, 0.1) is 10.6 Å². The number of benzene rings is 2. The first-order chi connectivity index (χ1) is 16.5. The molecule has 3 aromatic heterocycles. The van der Waals surface area contributed by atoms with Gasteiger partial charge in [-0.15, -0.1) is 0 Å². The summed E-state index contributed by atoms with van der Waals surface area (Å²) >= 11 is 0. The van der Waals surface area contributed by atoms with Crippen molar-refractivity contribution in [3.05, 3.63) is 97.3 Å². The molecule has 170 valence electrons. The summed E-state index contributed by atoms with van der Waals surface area (Å²) in [6.07, 6.45) is 6.87. The predicted octanol–water partition coefficient (Wildman–Crippen LogP) is 3.75. The molecule has 0 radical (unpaired) electrons. The number of anilines is 1. The molecule has 0 aliphatic rings. The Labute approximate surface area is 195 Å². The Kier molecular flexibility index (Phi) is 5.52. The molecule has 0 aliphatic carbocycles. The summed E-state index contributed by atoms with van der Waals surface area (Å²) in [6, 6.07) is 18.3. The third-order valence-corrected chi connectivity index (χ3v) is 6.18. The highest BCUT2D eigenvalue weighted by atomic mass is 32.2. The molecule has 0 spiro atoms. The van der Waals surface area contributed by atoms with E-state index >= 15 is 0 Å². The quantitative estimate of drug-likeness (QED) is 0.383. The van der Waals surface area contributed by atoms with Crippen LogP contribution in [0.5, 0.6) is 11.6 Å². The lowest BCUT2D eigenvalue weighted by Crippen LogP contribution is -2.13. The van der Waals surface area contributed by atoms with Gasteiger partial charge in [0.15, 0.2) is 5.82 Å². The van der Waals surface area contributed by atoms with Crippen LogP contribution in [0.15, 0.2) is 96.4 Å². The minimum absolute atomic E-state index is 0.145. The van der Waals surface area contributed by atoms with Crippen LogP contribution in [0, 0.1) is 6.92 Å². The Hall–Kier alpha value is -4.51. The summed E-state index contributed by atoms with van der Waals surface area (Å²) in [5, 5.41) is 8.30. The van der Waals surface area contributed by atoms with E-state index in [0.29, 0.717) is 29.0 Å². The molecule has 0 fully saturated rings. The Morgan fingerprint density at radius 1 is 0.853 bits per heavy atom. The zero-order chi connectivity index (χ0) is 23.5. The van der Waals surface area contributed by atoms with Crippen molar-refractivity contribution < 1.29 is 13.2 Å². The second-order valence-corrected chi connectivity index (χ2v) is 8.92. The van der Waals surface area contributed by atoms with Gasteiger partial charge in [-0.3, -0.25) is 4.72 Å². The zero-order valence-corrected chi connectivity index (χ0v) is 18.8. The molecule has 34 heavy (non-hydrogen) atoms. The molecule has 10 nitrogen and oxygen atoms in total. The standard InChI is InChI=1S/C23H19N7O3S/c1-17-26-22(30-15-3-13-25-30)16-23(27-17)33-20-8-4-18(5-9-20)28-34(31,32)21-10-6-19(7-11-21)29-14-2-12-24-29/h2-16,28H,1H3. The molecule has 2 aromatic carbocycles. The van der Waals surface area contributed by atoms with Crippen LogP contribution in [0.2, 0.25) is 0 Å². The molecular weight excluding hydrogens is 454 g/mol. The summed E-state index contributed by atoms with van der Waals surface area (Å²) < 4.78 is 37.2. The Balaban J connectivity index is 1.29. The van der Waals surface area contributed by atoms with Crippen molar-refractivity contribution >= 4 is 15.7 Å². The van der Waals surface area contributed by atoms with Crippen LogP contribution in [-0.2, 0) is 10.0 Å². The SMILES string of the molecule is Cc1nc(Oc2ccc(NS(=O)(=O)c3ccc(-n4cccn4)cc3)cc2)cc(-n2cccn2)n1. The minimum atomic E-state index is -3.76. The largest absolute Gasteiger partial charge is 0.439 e. The topological polar surface area (TPSA) is 117 Å². The first kappa shape index (κ1) is 21.3. The number of hydrogen-bond acceptors (Lipinski definition) is 7. The maximum Gasteiger partial charge on any atom is 0.261 e. The predicted molar refractivity (Wildman–Crippen MR) is 125 cm³/mol. The number of aromatic nitrogens is 6. The van der Waals surface area contributed by atoms with Crippen molar-refractivity contribution in [2.24, 2.45) is 0 Å². The van der Waals surface area contributed by atoms with Crippen LogP contribution in [0.3, 0.4) is 0 Å². The molecule has 5 aromatic rings. The van der Waals surface area contributed by atoms with Gasteiger partial charge in [0, 0.05) is 36.5 Å². The van der Waals surface area contributed by atoms with Crippen LogP contribution >= 0.6 is 0 Å². The molecule has 0 bridgehead atoms. The molecule has 3 heterocycles. The molecule has 1 N–H and O–H groups in total. The van der Waals surface area contributed by atoms with Gasteiger partial charge in [-0.2, -0.15) is 15.2 Å². The molecule has 0 aliphatic heterocycles. The van der Waals surface area contributed by atoms with Crippen molar-refractivity contribution in [1.82, 2.24) is 29.5 Å². The Morgan fingerprint density at radius 3 is 2.18 bits per heavy atom. The van der Waals surface area contributed by atoms with Gasteiger partial charge >= 0.3 is 0 Å². The molecule has 11 heteroatoms. The fourth-order valence-electron chi connectivity index (χ4n) is 3.22. The number of ether oxygens (including phenoxy) is 1. The number of rotatable bonds is 7. The van der Waals surface area contributed by atoms with E-state index in [1.54, 1.807) is 95.7 Å². The molecule has 0 amide bonds. The monoisotopic (exact) mass is 473 g/mol. The second kappa shape index (κ2) is 8.79. The lowest BCUT2D eigenvalue weighted by atomic mass is 10.3. The lowest BCUT2D eigenvalue weighted by molar-refractivity contribution is 0.459. The number of sulfonamides is 1. The summed E-state index contributed by atoms with van der Waals surface area (Å²) in [5.74, 6) is 1.96. The first-order valence-electron chi connectivity index (χ1n) is 10.2. The molecule has 0 unspecified atom stereocenters. The Bertz CT molecular complexity index is 1500. The van der Waals surface area contributed by atoms with Crippen LogP contribution < -0.4 is 9.46 Å². The zero-order valence-electron chi connectivity index (χ0n) is 18.0. The summed E-state index contributed by atoms with van der Waals surface area (Å²) in [5.41, 5.74) is 1.17. The normalized spacial score (nSPS) is 11.3. The van der Waals surface area contributed by atoms with Gasteiger partial charge in [0.2, 0.25) is 5.88 Å². The molecule has 0 saturated heterocycles. The van der Waals surface area contributed by atoms with E-state index in [0.717, 1.165) is 5.69 Å². The highest BCUT2D eigenvalue weighted by Gasteiger charge is 2.15. The second-order valence-electron chi connectivity index (χ2n) is 7.24. The van der Waals surface area contributed by atoms with Crippen LogP contribution in [0.4, 0.5) is 5.69 Å². The lowest BCUT2D eigenvalue weighted by Gasteiger charge is -2.11. The van der Waals surface area contributed by atoms with Gasteiger partial charge in [0.1, 0.15) is 11.6 Å². The van der Waals surface area contributed by atoms with E-state index in [9.17, 15) is 8.42 Å².